The van der Waals surface area contributed by atoms with Gasteiger partial charge in [-0.25, -0.2) is 4.98 Å². The van der Waals surface area contributed by atoms with E-state index in [1.807, 2.05) is 50.2 Å². The molecule has 0 saturated carbocycles. The van der Waals surface area contributed by atoms with E-state index in [0.29, 0.717) is 13.0 Å². The molecule has 1 amide bonds. The monoisotopic (exact) mass is 362 g/mol. The predicted molar refractivity (Wildman–Crippen MR) is 106 cm³/mol. The van der Waals surface area contributed by atoms with Gasteiger partial charge in [-0.15, -0.1) is 0 Å². The summed E-state index contributed by atoms with van der Waals surface area (Å²) in [6, 6.07) is 11.7. The summed E-state index contributed by atoms with van der Waals surface area (Å²) in [4.78, 5) is 20.4. The number of anilines is 1. The van der Waals surface area contributed by atoms with E-state index in [4.69, 9.17) is 9.40 Å². The van der Waals surface area contributed by atoms with Crippen molar-refractivity contribution in [3.63, 3.8) is 0 Å². The topological polar surface area (TPSA) is 75.8 Å². The largest absolute Gasteiger partial charge is 0.467 e. The number of para-hydroxylation sites is 2. The SMILES string of the molecule is CCC(=O)Nc1c(-c2nc3ccccc3[nH]2)c(C)c(C)n1Cc1ccco1. The van der Waals surface area contributed by atoms with E-state index in [1.54, 1.807) is 6.26 Å². The van der Waals surface area contributed by atoms with Crippen molar-refractivity contribution in [2.24, 2.45) is 0 Å². The van der Waals surface area contributed by atoms with Crippen molar-refractivity contribution >= 4 is 22.8 Å². The first-order valence-corrected chi connectivity index (χ1v) is 9.05. The van der Waals surface area contributed by atoms with Crippen LogP contribution in [0.5, 0.6) is 0 Å². The second-order valence-electron chi connectivity index (χ2n) is 6.60. The average molecular weight is 362 g/mol. The number of furan rings is 1. The Labute approximate surface area is 157 Å². The number of carbonyl (C=O) groups is 1. The number of nitrogens with zero attached hydrogens (tertiary/aromatic N) is 2. The number of hydrogen-bond donors (Lipinski definition) is 2. The first-order valence-electron chi connectivity index (χ1n) is 9.05. The number of aromatic amines is 1. The van der Waals surface area contributed by atoms with E-state index in [0.717, 1.165) is 45.3 Å². The molecule has 6 heteroatoms. The van der Waals surface area contributed by atoms with Crippen LogP contribution in [-0.2, 0) is 11.3 Å². The first kappa shape index (κ1) is 17.1. The summed E-state index contributed by atoms with van der Waals surface area (Å²) in [6.07, 6.45) is 2.06. The van der Waals surface area contributed by atoms with Crippen molar-refractivity contribution in [2.45, 2.75) is 33.7 Å². The number of imidazole rings is 1. The summed E-state index contributed by atoms with van der Waals surface area (Å²) >= 11 is 0. The quantitative estimate of drug-likeness (QED) is 0.543. The fourth-order valence-corrected chi connectivity index (χ4v) is 3.33. The van der Waals surface area contributed by atoms with E-state index in [1.165, 1.54) is 0 Å². The van der Waals surface area contributed by atoms with E-state index in [2.05, 4.69) is 21.8 Å². The van der Waals surface area contributed by atoms with Gasteiger partial charge in [0.1, 0.15) is 17.4 Å². The van der Waals surface area contributed by atoms with Crippen molar-refractivity contribution in [3.8, 4) is 11.4 Å². The molecule has 0 aliphatic heterocycles. The molecule has 3 heterocycles. The lowest BCUT2D eigenvalue weighted by Gasteiger charge is -2.12. The number of H-pyrrole nitrogens is 1. The van der Waals surface area contributed by atoms with Crippen LogP contribution in [-0.4, -0.2) is 20.4 Å². The summed E-state index contributed by atoms with van der Waals surface area (Å²) in [6.45, 7) is 6.49. The molecule has 3 aromatic heterocycles. The van der Waals surface area contributed by atoms with Gasteiger partial charge in [0.25, 0.3) is 0 Å². The second-order valence-corrected chi connectivity index (χ2v) is 6.60. The maximum absolute atomic E-state index is 12.2. The minimum absolute atomic E-state index is 0.0365. The third kappa shape index (κ3) is 3.03. The van der Waals surface area contributed by atoms with Gasteiger partial charge in [-0.2, -0.15) is 0 Å². The zero-order valence-corrected chi connectivity index (χ0v) is 15.7. The molecular weight excluding hydrogens is 340 g/mol. The maximum atomic E-state index is 12.2. The van der Waals surface area contributed by atoms with Crippen molar-refractivity contribution in [2.75, 3.05) is 5.32 Å². The summed E-state index contributed by atoms with van der Waals surface area (Å²) in [5.41, 5.74) is 4.92. The molecule has 0 radical (unpaired) electrons. The van der Waals surface area contributed by atoms with Gasteiger partial charge < -0.3 is 19.3 Å². The van der Waals surface area contributed by atoms with Gasteiger partial charge >= 0.3 is 0 Å². The highest BCUT2D eigenvalue weighted by molar-refractivity contribution is 5.95. The Balaban J connectivity index is 1.90. The molecule has 0 saturated heterocycles. The van der Waals surface area contributed by atoms with Gasteiger partial charge in [0.05, 0.1) is 29.4 Å². The molecule has 0 atom stereocenters. The first-order chi connectivity index (χ1) is 13.1. The molecule has 0 spiro atoms. The fraction of sp³-hybridized carbons (Fsp3) is 0.238. The Bertz CT molecular complexity index is 1070. The van der Waals surface area contributed by atoms with Gasteiger partial charge in [-0.1, -0.05) is 19.1 Å². The highest BCUT2D eigenvalue weighted by atomic mass is 16.3. The molecule has 0 fully saturated rings. The molecule has 27 heavy (non-hydrogen) atoms. The number of nitrogens with one attached hydrogen (secondary N) is 2. The third-order valence-electron chi connectivity index (χ3n) is 4.93. The molecule has 0 aliphatic carbocycles. The minimum Gasteiger partial charge on any atom is -0.467 e. The molecule has 4 rings (SSSR count). The Morgan fingerprint density at radius 2 is 2.04 bits per heavy atom. The number of rotatable bonds is 5. The standard InChI is InChI=1S/C21H22N4O2/c1-4-18(26)24-21-19(20-22-16-9-5-6-10-17(16)23-20)13(2)14(3)25(21)12-15-8-7-11-27-15/h5-11H,4,12H2,1-3H3,(H,22,23)(H,24,26). The zero-order chi connectivity index (χ0) is 19.0. The van der Waals surface area contributed by atoms with Crippen LogP contribution in [0.15, 0.2) is 47.1 Å². The van der Waals surface area contributed by atoms with Gasteiger partial charge in [-0.05, 0) is 43.7 Å². The Kier molecular flexibility index (Phi) is 4.32. The maximum Gasteiger partial charge on any atom is 0.225 e. The molecule has 4 aromatic rings. The number of hydrogen-bond acceptors (Lipinski definition) is 3. The summed E-state index contributed by atoms with van der Waals surface area (Å²) in [7, 11) is 0. The summed E-state index contributed by atoms with van der Waals surface area (Å²) in [5.74, 6) is 2.29. The number of amides is 1. The smallest absolute Gasteiger partial charge is 0.225 e. The van der Waals surface area contributed by atoms with Crippen molar-refractivity contribution in [1.82, 2.24) is 14.5 Å². The Morgan fingerprint density at radius 3 is 2.74 bits per heavy atom. The van der Waals surface area contributed by atoms with Gasteiger partial charge in [0.15, 0.2) is 0 Å². The lowest BCUT2D eigenvalue weighted by Crippen LogP contribution is -2.15. The van der Waals surface area contributed by atoms with Crippen LogP contribution in [0.4, 0.5) is 5.82 Å². The van der Waals surface area contributed by atoms with Crippen LogP contribution in [0.1, 0.15) is 30.4 Å². The van der Waals surface area contributed by atoms with Crippen molar-refractivity contribution in [1.29, 1.82) is 0 Å². The highest BCUT2D eigenvalue weighted by Gasteiger charge is 2.23. The van der Waals surface area contributed by atoms with Crippen LogP contribution in [0.3, 0.4) is 0 Å². The van der Waals surface area contributed by atoms with E-state index in [9.17, 15) is 4.79 Å². The lowest BCUT2D eigenvalue weighted by atomic mass is 10.1. The Morgan fingerprint density at radius 1 is 1.22 bits per heavy atom. The fourth-order valence-electron chi connectivity index (χ4n) is 3.33. The van der Waals surface area contributed by atoms with E-state index < -0.39 is 0 Å². The number of aromatic nitrogens is 3. The van der Waals surface area contributed by atoms with Crippen LogP contribution < -0.4 is 5.32 Å². The van der Waals surface area contributed by atoms with E-state index in [-0.39, 0.29) is 5.91 Å². The molecule has 0 bridgehead atoms. The predicted octanol–water partition coefficient (Wildman–Crippen LogP) is 4.64. The molecule has 138 valence electrons. The Hall–Kier alpha value is -3.28. The van der Waals surface area contributed by atoms with Crippen LogP contribution in [0.25, 0.3) is 22.4 Å². The van der Waals surface area contributed by atoms with Crippen LogP contribution in [0.2, 0.25) is 0 Å². The summed E-state index contributed by atoms with van der Waals surface area (Å²) < 4.78 is 7.60. The second kappa shape index (κ2) is 6.79. The third-order valence-corrected chi connectivity index (χ3v) is 4.93. The van der Waals surface area contributed by atoms with Crippen molar-refractivity contribution < 1.29 is 9.21 Å². The molecule has 1 aromatic carbocycles. The number of fused-ring (bicyclic) bond motifs is 1. The molecule has 0 unspecified atom stereocenters. The van der Waals surface area contributed by atoms with Gasteiger partial charge in [0.2, 0.25) is 5.91 Å². The lowest BCUT2D eigenvalue weighted by molar-refractivity contribution is -0.115. The average Bonchev–Trinajstić information content (AvgIpc) is 3.37. The van der Waals surface area contributed by atoms with Crippen molar-refractivity contribution in [3.05, 3.63) is 59.7 Å². The summed E-state index contributed by atoms with van der Waals surface area (Å²) in [5, 5.41) is 3.07. The molecular formula is C21H22N4O2. The zero-order valence-electron chi connectivity index (χ0n) is 15.7. The molecule has 2 N–H and O–H groups in total. The van der Waals surface area contributed by atoms with Crippen LogP contribution >= 0.6 is 0 Å². The normalized spacial score (nSPS) is 11.2. The van der Waals surface area contributed by atoms with Gasteiger partial charge in [0, 0.05) is 12.1 Å². The highest BCUT2D eigenvalue weighted by Crippen LogP contribution is 2.36. The van der Waals surface area contributed by atoms with Crippen LogP contribution in [0, 0.1) is 13.8 Å². The number of carbonyl (C=O) groups excluding carboxylic acids is 1. The number of benzene rings is 1. The van der Waals surface area contributed by atoms with Gasteiger partial charge in [-0.3, -0.25) is 4.79 Å². The van der Waals surface area contributed by atoms with E-state index >= 15 is 0 Å². The molecule has 0 aliphatic rings. The minimum atomic E-state index is -0.0365. The molecule has 6 nitrogen and oxygen atoms in total.